The zero-order valence-corrected chi connectivity index (χ0v) is 13.8. The summed E-state index contributed by atoms with van der Waals surface area (Å²) in [5, 5.41) is 3.01. The van der Waals surface area contributed by atoms with Gasteiger partial charge in [0.05, 0.1) is 6.17 Å². The minimum absolute atomic E-state index is 0.0123. The molecule has 2 saturated heterocycles. The first-order chi connectivity index (χ1) is 11.6. The Morgan fingerprint density at radius 3 is 2.96 bits per heavy atom. The topological polar surface area (TPSA) is 82.4 Å². The molecule has 3 rings (SSSR count). The molecule has 6 nitrogen and oxygen atoms in total. The number of benzene rings is 1. The molecular weight excluding hydrogens is 309 g/mol. The van der Waals surface area contributed by atoms with Gasteiger partial charge in [0, 0.05) is 31.6 Å². The highest BCUT2D eigenvalue weighted by molar-refractivity contribution is 5.82. The molecule has 1 aromatic rings. The number of nitrogens with zero attached hydrogens (tertiary/aromatic N) is 1. The van der Waals surface area contributed by atoms with Crippen LogP contribution in [0, 0.1) is 11.7 Å². The average Bonchev–Trinajstić information content (AvgIpc) is 3.02. The van der Waals surface area contributed by atoms with Crippen LogP contribution >= 0.6 is 0 Å². The Morgan fingerprint density at radius 1 is 1.38 bits per heavy atom. The number of carbonyl (C=O) groups is 1. The normalized spacial score (nSPS) is 28.0. The van der Waals surface area contributed by atoms with Gasteiger partial charge in [0.25, 0.3) is 0 Å². The minimum Gasteiger partial charge on any atom is -0.354 e. The molecule has 2 aliphatic heterocycles. The van der Waals surface area contributed by atoms with Crippen molar-refractivity contribution >= 4 is 5.91 Å². The van der Waals surface area contributed by atoms with Gasteiger partial charge in [-0.15, -0.1) is 0 Å². The number of nitrogens with one attached hydrogen (secondary N) is 3. The van der Waals surface area contributed by atoms with Crippen LogP contribution < -0.4 is 21.9 Å². The number of hydrogen-bond acceptors (Lipinski definition) is 5. The molecular formula is C17H26FN5O. The van der Waals surface area contributed by atoms with Gasteiger partial charge in [-0.25, -0.2) is 15.2 Å². The second kappa shape index (κ2) is 8.02. The van der Waals surface area contributed by atoms with E-state index in [-0.39, 0.29) is 23.9 Å². The number of nitrogens with two attached hydrogens (primary N) is 1. The number of halogens is 1. The molecule has 5 N–H and O–H groups in total. The van der Waals surface area contributed by atoms with Crippen molar-refractivity contribution in [2.45, 2.75) is 38.0 Å². The molecule has 2 heterocycles. The van der Waals surface area contributed by atoms with Gasteiger partial charge in [-0.2, -0.15) is 0 Å². The maximum Gasteiger partial charge on any atom is 0.238 e. The molecule has 2 fully saturated rings. The van der Waals surface area contributed by atoms with Crippen molar-refractivity contribution in [3.8, 4) is 0 Å². The highest BCUT2D eigenvalue weighted by Crippen LogP contribution is 2.19. The monoisotopic (exact) mass is 335 g/mol. The Kier molecular flexibility index (Phi) is 5.78. The number of hydrazine groups is 1. The lowest BCUT2D eigenvalue weighted by Gasteiger charge is -2.33. The first-order valence-electron chi connectivity index (χ1n) is 8.62. The van der Waals surface area contributed by atoms with Crippen molar-refractivity contribution in [1.29, 1.82) is 0 Å². The van der Waals surface area contributed by atoms with E-state index in [1.807, 2.05) is 12.1 Å². The van der Waals surface area contributed by atoms with Crippen molar-refractivity contribution in [1.82, 2.24) is 21.1 Å². The maximum absolute atomic E-state index is 13.8. The van der Waals surface area contributed by atoms with E-state index in [4.69, 9.17) is 5.73 Å². The van der Waals surface area contributed by atoms with Crippen molar-refractivity contribution < 1.29 is 9.18 Å². The fourth-order valence-electron chi connectivity index (χ4n) is 3.45. The Labute approximate surface area is 141 Å². The van der Waals surface area contributed by atoms with Gasteiger partial charge in [0.1, 0.15) is 11.9 Å². The summed E-state index contributed by atoms with van der Waals surface area (Å²) in [5.41, 5.74) is 12.2. The van der Waals surface area contributed by atoms with Crippen LogP contribution in [0.1, 0.15) is 24.8 Å². The standard InChI is InChI=1S/C17H26FN5O/c18-14-6-2-1-5-13(14)11-23-7-3-4-12(10-23)9-20-17(24)15-8-16(19)22-21-15/h1-2,5-6,12,15-16,21-22H,3-4,7-11,19H2,(H,20,24). The molecule has 3 atom stereocenters. The number of amides is 1. The number of rotatable bonds is 5. The molecule has 0 radical (unpaired) electrons. The van der Waals surface area contributed by atoms with Gasteiger partial charge >= 0.3 is 0 Å². The van der Waals surface area contributed by atoms with E-state index in [1.165, 1.54) is 6.07 Å². The molecule has 0 aromatic heterocycles. The molecule has 2 aliphatic rings. The summed E-state index contributed by atoms with van der Waals surface area (Å²) in [6.45, 7) is 3.13. The quantitative estimate of drug-likeness (QED) is 0.622. The number of hydrogen-bond donors (Lipinski definition) is 4. The minimum atomic E-state index is -0.266. The summed E-state index contributed by atoms with van der Waals surface area (Å²) in [6.07, 6.45) is 2.58. The molecule has 1 amide bonds. The number of likely N-dealkylation sites (tertiary alicyclic amines) is 1. The second-order valence-electron chi connectivity index (χ2n) is 6.76. The fraction of sp³-hybridized carbons (Fsp3) is 0.588. The SMILES string of the molecule is NC1CC(C(=O)NCC2CCCN(Cc3ccccc3F)C2)NN1. The molecule has 0 saturated carbocycles. The summed E-state index contributed by atoms with van der Waals surface area (Å²) in [6, 6.07) is 6.66. The van der Waals surface area contributed by atoms with Crippen LogP contribution in [-0.2, 0) is 11.3 Å². The summed E-state index contributed by atoms with van der Waals surface area (Å²) >= 11 is 0. The third-order valence-corrected chi connectivity index (χ3v) is 4.77. The predicted molar refractivity (Wildman–Crippen MR) is 90.1 cm³/mol. The Hall–Kier alpha value is -1.54. The highest BCUT2D eigenvalue weighted by Gasteiger charge is 2.28. The Morgan fingerprint density at radius 2 is 2.21 bits per heavy atom. The van der Waals surface area contributed by atoms with Gasteiger partial charge in [0.2, 0.25) is 5.91 Å². The zero-order valence-electron chi connectivity index (χ0n) is 13.8. The van der Waals surface area contributed by atoms with E-state index in [0.29, 0.717) is 25.4 Å². The third kappa shape index (κ3) is 4.51. The van der Waals surface area contributed by atoms with Crippen LogP contribution in [0.4, 0.5) is 4.39 Å². The molecule has 1 aromatic carbocycles. The average molecular weight is 335 g/mol. The molecule has 0 bridgehead atoms. The van der Waals surface area contributed by atoms with E-state index in [1.54, 1.807) is 6.07 Å². The smallest absolute Gasteiger partial charge is 0.238 e. The van der Waals surface area contributed by atoms with Crippen molar-refractivity contribution in [2.75, 3.05) is 19.6 Å². The van der Waals surface area contributed by atoms with Crippen LogP contribution in [0.5, 0.6) is 0 Å². The van der Waals surface area contributed by atoms with Crippen LogP contribution in [0.3, 0.4) is 0 Å². The van der Waals surface area contributed by atoms with Gasteiger partial charge in [-0.05, 0) is 31.4 Å². The predicted octanol–water partition coefficient (Wildman–Crippen LogP) is 0.305. The third-order valence-electron chi connectivity index (χ3n) is 4.77. The largest absolute Gasteiger partial charge is 0.354 e. The summed E-state index contributed by atoms with van der Waals surface area (Å²) in [4.78, 5) is 14.4. The van der Waals surface area contributed by atoms with Gasteiger partial charge in [0.15, 0.2) is 0 Å². The summed E-state index contributed by atoms with van der Waals surface area (Å²) in [5.74, 6) is 0.239. The summed E-state index contributed by atoms with van der Waals surface area (Å²) in [7, 11) is 0. The van der Waals surface area contributed by atoms with E-state index in [2.05, 4.69) is 21.1 Å². The van der Waals surface area contributed by atoms with Crippen molar-refractivity contribution in [2.24, 2.45) is 11.7 Å². The highest BCUT2D eigenvalue weighted by atomic mass is 19.1. The molecule has 7 heteroatoms. The van der Waals surface area contributed by atoms with Crippen molar-refractivity contribution in [3.05, 3.63) is 35.6 Å². The van der Waals surface area contributed by atoms with Gasteiger partial charge in [-0.1, -0.05) is 18.2 Å². The molecule has 132 valence electrons. The summed E-state index contributed by atoms with van der Waals surface area (Å²) < 4.78 is 13.8. The molecule has 3 unspecified atom stereocenters. The van der Waals surface area contributed by atoms with E-state index < -0.39 is 0 Å². The first kappa shape index (κ1) is 17.3. The van der Waals surface area contributed by atoms with E-state index in [9.17, 15) is 9.18 Å². The Balaban J connectivity index is 1.45. The molecule has 24 heavy (non-hydrogen) atoms. The van der Waals surface area contributed by atoms with Gasteiger partial charge < -0.3 is 11.1 Å². The first-order valence-corrected chi connectivity index (χ1v) is 8.62. The van der Waals surface area contributed by atoms with E-state index >= 15 is 0 Å². The zero-order chi connectivity index (χ0) is 16.9. The second-order valence-corrected chi connectivity index (χ2v) is 6.76. The van der Waals surface area contributed by atoms with Crippen LogP contribution in [0.2, 0.25) is 0 Å². The number of piperidine rings is 1. The Bertz CT molecular complexity index is 570. The molecule has 0 spiro atoms. The van der Waals surface area contributed by atoms with Crippen molar-refractivity contribution in [3.63, 3.8) is 0 Å². The lowest BCUT2D eigenvalue weighted by molar-refractivity contribution is -0.123. The maximum atomic E-state index is 13.8. The van der Waals surface area contributed by atoms with Crippen LogP contribution in [0.15, 0.2) is 24.3 Å². The lowest BCUT2D eigenvalue weighted by Crippen LogP contribution is -2.47. The lowest BCUT2D eigenvalue weighted by atomic mass is 9.97. The van der Waals surface area contributed by atoms with Crippen LogP contribution in [-0.4, -0.2) is 42.6 Å². The van der Waals surface area contributed by atoms with Crippen LogP contribution in [0.25, 0.3) is 0 Å². The fourth-order valence-corrected chi connectivity index (χ4v) is 3.45. The van der Waals surface area contributed by atoms with E-state index in [0.717, 1.165) is 31.5 Å². The number of carbonyl (C=O) groups excluding carboxylic acids is 1. The van der Waals surface area contributed by atoms with Gasteiger partial charge in [-0.3, -0.25) is 9.69 Å². The molecule has 0 aliphatic carbocycles.